The predicted molar refractivity (Wildman–Crippen MR) is 117 cm³/mol. The number of amides is 1. The van der Waals surface area contributed by atoms with Crippen LogP contribution in [0.5, 0.6) is 5.75 Å². The average molecular weight is 480 g/mol. The lowest BCUT2D eigenvalue weighted by atomic mass is 9.84. The van der Waals surface area contributed by atoms with E-state index in [1.807, 2.05) is 19.1 Å². The molecule has 0 aromatic heterocycles. The van der Waals surface area contributed by atoms with Gasteiger partial charge in [0.05, 0.1) is 22.4 Å². The van der Waals surface area contributed by atoms with Gasteiger partial charge in [-0.3, -0.25) is 4.79 Å². The van der Waals surface area contributed by atoms with E-state index in [1.54, 1.807) is 6.07 Å². The molecule has 0 bridgehead atoms. The third kappa shape index (κ3) is 5.82. The van der Waals surface area contributed by atoms with Crippen LogP contribution in [0.15, 0.2) is 51.8 Å². The fourth-order valence-electron chi connectivity index (χ4n) is 3.70. The number of ether oxygens (including phenoxy) is 1. The van der Waals surface area contributed by atoms with Gasteiger partial charge < -0.3 is 4.74 Å². The summed E-state index contributed by atoms with van der Waals surface area (Å²) in [5.74, 6) is 0.598. The normalized spacial score (nSPS) is 15.1. The SMILES string of the molecule is CCOc1ccc(S(=O)(=O)NC(=O)Cc2ccc(C3CCCCC3)cc2)cc1Br. The van der Waals surface area contributed by atoms with E-state index in [1.165, 1.54) is 49.8 Å². The quantitative estimate of drug-likeness (QED) is 0.609. The Hall–Kier alpha value is -1.86. The summed E-state index contributed by atoms with van der Waals surface area (Å²) in [5, 5.41) is 0. The van der Waals surface area contributed by atoms with Crippen LogP contribution in [0.25, 0.3) is 0 Å². The van der Waals surface area contributed by atoms with Crippen molar-refractivity contribution in [3.63, 3.8) is 0 Å². The highest BCUT2D eigenvalue weighted by Gasteiger charge is 2.20. The van der Waals surface area contributed by atoms with E-state index in [4.69, 9.17) is 4.74 Å². The minimum atomic E-state index is -3.94. The molecular weight excluding hydrogens is 454 g/mol. The molecule has 0 heterocycles. The molecular formula is C22H26BrNO4S. The Kier molecular flexibility index (Phi) is 7.35. The molecule has 3 rings (SSSR count). The van der Waals surface area contributed by atoms with Gasteiger partial charge in [-0.15, -0.1) is 0 Å². The topological polar surface area (TPSA) is 72.5 Å². The molecule has 156 valence electrons. The number of halogens is 1. The van der Waals surface area contributed by atoms with Crippen molar-refractivity contribution in [1.29, 1.82) is 0 Å². The monoisotopic (exact) mass is 479 g/mol. The maximum absolute atomic E-state index is 12.5. The summed E-state index contributed by atoms with van der Waals surface area (Å²) in [5.41, 5.74) is 2.10. The molecule has 1 N–H and O–H groups in total. The third-order valence-electron chi connectivity index (χ3n) is 5.18. The van der Waals surface area contributed by atoms with Crippen molar-refractivity contribution in [3.05, 3.63) is 58.1 Å². The molecule has 1 amide bonds. The number of carbonyl (C=O) groups excluding carboxylic acids is 1. The molecule has 5 nitrogen and oxygen atoms in total. The van der Waals surface area contributed by atoms with E-state index in [9.17, 15) is 13.2 Å². The van der Waals surface area contributed by atoms with Gasteiger partial charge >= 0.3 is 0 Å². The molecule has 2 aromatic carbocycles. The number of hydrogen-bond donors (Lipinski definition) is 1. The van der Waals surface area contributed by atoms with Gasteiger partial charge in [-0.05, 0) is 70.9 Å². The Morgan fingerprint density at radius 3 is 2.41 bits per heavy atom. The minimum Gasteiger partial charge on any atom is -0.493 e. The largest absolute Gasteiger partial charge is 0.493 e. The summed E-state index contributed by atoms with van der Waals surface area (Å²) in [6.45, 7) is 2.32. The van der Waals surface area contributed by atoms with Gasteiger partial charge in [0.2, 0.25) is 5.91 Å². The zero-order chi connectivity index (χ0) is 20.9. The zero-order valence-corrected chi connectivity index (χ0v) is 18.9. The first kappa shape index (κ1) is 21.8. The highest BCUT2D eigenvalue weighted by molar-refractivity contribution is 9.10. The highest BCUT2D eigenvalue weighted by Crippen LogP contribution is 2.32. The van der Waals surface area contributed by atoms with Crippen LogP contribution < -0.4 is 9.46 Å². The Balaban J connectivity index is 1.62. The predicted octanol–water partition coefficient (Wildman–Crippen LogP) is 4.94. The number of sulfonamides is 1. The summed E-state index contributed by atoms with van der Waals surface area (Å²) >= 11 is 3.30. The highest BCUT2D eigenvalue weighted by atomic mass is 79.9. The fourth-order valence-corrected chi connectivity index (χ4v) is 5.35. The van der Waals surface area contributed by atoms with Crippen molar-refractivity contribution >= 4 is 31.9 Å². The first-order chi connectivity index (χ1) is 13.9. The third-order valence-corrected chi connectivity index (χ3v) is 7.17. The molecule has 7 heteroatoms. The number of benzene rings is 2. The van der Waals surface area contributed by atoms with Gasteiger partial charge in [-0.2, -0.15) is 0 Å². The molecule has 1 aliphatic carbocycles. The van der Waals surface area contributed by atoms with E-state index in [2.05, 4.69) is 32.8 Å². The Morgan fingerprint density at radius 2 is 1.79 bits per heavy atom. The second-order valence-corrected chi connectivity index (χ2v) is 9.84. The van der Waals surface area contributed by atoms with Gasteiger partial charge in [-0.1, -0.05) is 43.5 Å². The number of carbonyl (C=O) groups is 1. The molecule has 29 heavy (non-hydrogen) atoms. The Bertz CT molecular complexity index is 951. The molecule has 0 atom stereocenters. The number of rotatable bonds is 7. The lowest BCUT2D eigenvalue weighted by Crippen LogP contribution is -2.31. The number of hydrogen-bond acceptors (Lipinski definition) is 4. The Labute approximate surface area is 181 Å². The van der Waals surface area contributed by atoms with Crippen LogP contribution in [0.2, 0.25) is 0 Å². The molecule has 1 aliphatic rings. The van der Waals surface area contributed by atoms with Crippen LogP contribution in [0.1, 0.15) is 56.1 Å². The summed E-state index contributed by atoms with van der Waals surface area (Å²) in [6, 6.07) is 12.4. The van der Waals surface area contributed by atoms with E-state index >= 15 is 0 Å². The molecule has 1 saturated carbocycles. The summed E-state index contributed by atoms with van der Waals surface area (Å²) < 4.78 is 33.1. The molecule has 0 unspecified atom stereocenters. The minimum absolute atomic E-state index is 0.00817. The molecule has 0 aliphatic heterocycles. The van der Waals surface area contributed by atoms with Crippen LogP contribution in [0, 0.1) is 0 Å². The lowest BCUT2D eigenvalue weighted by Gasteiger charge is -2.22. The van der Waals surface area contributed by atoms with Crippen molar-refractivity contribution < 1.29 is 17.9 Å². The van der Waals surface area contributed by atoms with Crippen molar-refractivity contribution in [3.8, 4) is 5.75 Å². The average Bonchev–Trinajstić information content (AvgIpc) is 2.70. The second kappa shape index (κ2) is 9.76. The Morgan fingerprint density at radius 1 is 1.10 bits per heavy atom. The van der Waals surface area contributed by atoms with E-state index in [0.29, 0.717) is 22.7 Å². The van der Waals surface area contributed by atoms with E-state index in [-0.39, 0.29) is 11.3 Å². The van der Waals surface area contributed by atoms with Gasteiger partial charge in [0, 0.05) is 0 Å². The summed E-state index contributed by atoms with van der Waals surface area (Å²) in [4.78, 5) is 12.3. The standard InChI is InChI=1S/C22H26BrNO4S/c1-2-28-21-13-12-19(15-20(21)23)29(26,27)24-22(25)14-16-8-10-18(11-9-16)17-6-4-3-5-7-17/h8-13,15,17H,2-7,14H2,1H3,(H,24,25). The maximum atomic E-state index is 12.5. The van der Waals surface area contributed by atoms with Gasteiger partial charge in [0.1, 0.15) is 5.75 Å². The van der Waals surface area contributed by atoms with Gasteiger partial charge in [-0.25, -0.2) is 13.1 Å². The van der Waals surface area contributed by atoms with Crippen LogP contribution in [0.4, 0.5) is 0 Å². The van der Waals surface area contributed by atoms with Crippen LogP contribution in [-0.2, 0) is 21.2 Å². The van der Waals surface area contributed by atoms with Crippen molar-refractivity contribution in [2.24, 2.45) is 0 Å². The van der Waals surface area contributed by atoms with Crippen LogP contribution in [-0.4, -0.2) is 20.9 Å². The van der Waals surface area contributed by atoms with Gasteiger partial charge in [0.15, 0.2) is 0 Å². The molecule has 0 radical (unpaired) electrons. The van der Waals surface area contributed by atoms with Crippen molar-refractivity contribution in [2.75, 3.05) is 6.61 Å². The zero-order valence-electron chi connectivity index (χ0n) is 16.5. The van der Waals surface area contributed by atoms with Crippen LogP contribution >= 0.6 is 15.9 Å². The smallest absolute Gasteiger partial charge is 0.264 e. The molecule has 2 aromatic rings. The van der Waals surface area contributed by atoms with Crippen LogP contribution in [0.3, 0.4) is 0 Å². The summed E-state index contributed by atoms with van der Waals surface area (Å²) in [6.07, 6.45) is 6.31. The first-order valence-corrected chi connectivity index (χ1v) is 12.2. The van der Waals surface area contributed by atoms with E-state index < -0.39 is 15.9 Å². The molecule has 0 spiro atoms. The number of nitrogens with one attached hydrogen (secondary N) is 1. The lowest BCUT2D eigenvalue weighted by molar-refractivity contribution is -0.118. The molecule has 0 saturated heterocycles. The molecule has 1 fully saturated rings. The summed E-state index contributed by atoms with van der Waals surface area (Å²) in [7, 11) is -3.94. The van der Waals surface area contributed by atoms with Gasteiger partial charge in [0.25, 0.3) is 10.0 Å². The first-order valence-electron chi connectivity index (χ1n) is 9.96. The maximum Gasteiger partial charge on any atom is 0.264 e. The van der Waals surface area contributed by atoms with E-state index in [0.717, 1.165) is 5.56 Å². The second-order valence-electron chi connectivity index (χ2n) is 7.31. The fraction of sp³-hybridized carbons (Fsp3) is 0.409. The van der Waals surface area contributed by atoms with Crippen molar-refractivity contribution in [1.82, 2.24) is 4.72 Å². The van der Waals surface area contributed by atoms with Crippen molar-refractivity contribution in [2.45, 2.75) is 56.3 Å².